The fourth-order valence-electron chi connectivity index (χ4n) is 1.92. The van der Waals surface area contributed by atoms with Gasteiger partial charge in [0.2, 0.25) is 0 Å². The molecule has 0 bridgehead atoms. The van der Waals surface area contributed by atoms with Crippen LogP contribution in [0, 0.1) is 0 Å². The average molecular weight is 225 g/mol. The highest BCUT2D eigenvalue weighted by molar-refractivity contribution is 6.22. The molecule has 1 aromatic rings. The standard InChI is InChI=1S/C12H17ClN2/c1-2-10-4-3-5-11(8-10)15-7-6-14-9-12(15)13/h3-5,8,12,14H,2,6-7,9H2,1H3. The van der Waals surface area contributed by atoms with Gasteiger partial charge in [0.25, 0.3) is 0 Å². The van der Waals surface area contributed by atoms with Crippen LogP contribution in [0.25, 0.3) is 0 Å². The van der Waals surface area contributed by atoms with Crippen molar-refractivity contribution >= 4 is 17.3 Å². The zero-order chi connectivity index (χ0) is 10.7. The topological polar surface area (TPSA) is 15.3 Å². The van der Waals surface area contributed by atoms with Crippen LogP contribution in [0.15, 0.2) is 24.3 Å². The lowest BCUT2D eigenvalue weighted by Crippen LogP contribution is -2.48. The molecular formula is C12H17ClN2. The van der Waals surface area contributed by atoms with Gasteiger partial charge in [0.05, 0.1) is 0 Å². The Hall–Kier alpha value is -0.730. The molecule has 0 spiro atoms. The molecule has 1 atom stereocenters. The van der Waals surface area contributed by atoms with Gasteiger partial charge in [-0.15, -0.1) is 0 Å². The molecule has 15 heavy (non-hydrogen) atoms. The van der Waals surface area contributed by atoms with E-state index in [2.05, 4.69) is 41.4 Å². The molecule has 1 heterocycles. The van der Waals surface area contributed by atoms with Crippen LogP contribution in [0.1, 0.15) is 12.5 Å². The minimum Gasteiger partial charge on any atom is -0.353 e. The van der Waals surface area contributed by atoms with Crippen LogP contribution in [0.3, 0.4) is 0 Å². The van der Waals surface area contributed by atoms with Crippen molar-refractivity contribution in [1.82, 2.24) is 5.32 Å². The molecule has 1 unspecified atom stereocenters. The summed E-state index contributed by atoms with van der Waals surface area (Å²) in [6, 6.07) is 8.65. The van der Waals surface area contributed by atoms with Crippen LogP contribution in [-0.4, -0.2) is 25.1 Å². The van der Waals surface area contributed by atoms with Crippen LogP contribution < -0.4 is 10.2 Å². The van der Waals surface area contributed by atoms with Gasteiger partial charge in [-0.3, -0.25) is 0 Å². The van der Waals surface area contributed by atoms with E-state index in [-0.39, 0.29) is 5.50 Å². The van der Waals surface area contributed by atoms with Crippen molar-refractivity contribution in [2.75, 3.05) is 24.5 Å². The Labute approximate surface area is 96.2 Å². The SMILES string of the molecule is CCc1cccc(N2CCNCC2Cl)c1. The van der Waals surface area contributed by atoms with E-state index >= 15 is 0 Å². The lowest BCUT2D eigenvalue weighted by molar-refractivity contribution is 0.559. The zero-order valence-corrected chi connectivity index (χ0v) is 9.80. The molecule has 82 valence electrons. The quantitative estimate of drug-likeness (QED) is 0.612. The molecule has 0 aromatic heterocycles. The maximum Gasteiger partial charge on any atom is 0.116 e. The molecule has 0 amide bonds. The summed E-state index contributed by atoms with van der Waals surface area (Å²) in [6.45, 7) is 5.04. The number of benzene rings is 1. The Morgan fingerprint density at radius 1 is 1.53 bits per heavy atom. The minimum absolute atomic E-state index is 0.0749. The predicted molar refractivity (Wildman–Crippen MR) is 65.7 cm³/mol. The van der Waals surface area contributed by atoms with E-state index in [1.165, 1.54) is 11.3 Å². The molecule has 1 aliphatic heterocycles. The van der Waals surface area contributed by atoms with Gasteiger partial charge in [-0.25, -0.2) is 0 Å². The Balaban J connectivity index is 2.19. The van der Waals surface area contributed by atoms with Gasteiger partial charge in [-0.05, 0) is 24.1 Å². The smallest absolute Gasteiger partial charge is 0.116 e. The monoisotopic (exact) mass is 224 g/mol. The predicted octanol–water partition coefficient (Wildman–Crippen LogP) is 2.22. The largest absolute Gasteiger partial charge is 0.353 e. The Morgan fingerprint density at radius 2 is 2.40 bits per heavy atom. The van der Waals surface area contributed by atoms with E-state index in [1.54, 1.807) is 0 Å². The summed E-state index contributed by atoms with van der Waals surface area (Å²) in [6.07, 6.45) is 1.08. The first-order chi connectivity index (χ1) is 7.31. The number of anilines is 1. The second kappa shape index (κ2) is 4.86. The number of nitrogens with one attached hydrogen (secondary N) is 1. The minimum atomic E-state index is 0.0749. The van der Waals surface area contributed by atoms with E-state index < -0.39 is 0 Å². The molecule has 3 heteroatoms. The van der Waals surface area contributed by atoms with Crippen molar-refractivity contribution in [3.8, 4) is 0 Å². The van der Waals surface area contributed by atoms with Crippen molar-refractivity contribution in [3.63, 3.8) is 0 Å². The number of halogens is 1. The first-order valence-electron chi connectivity index (χ1n) is 5.51. The summed E-state index contributed by atoms with van der Waals surface area (Å²) in [4.78, 5) is 2.26. The van der Waals surface area contributed by atoms with Crippen molar-refractivity contribution in [1.29, 1.82) is 0 Å². The van der Waals surface area contributed by atoms with Gasteiger partial charge in [-0.1, -0.05) is 30.7 Å². The molecule has 2 nitrogen and oxygen atoms in total. The number of hydrogen-bond donors (Lipinski definition) is 1. The van der Waals surface area contributed by atoms with E-state index in [9.17, 15) is 0 Å². The lowest BCUT2D eigenvalue weighted by atomic mass is 10.1. The van der Waals surface area contributed by atoms with E-state index in [1.807, 2.05) is 0 Å². The molecule has 2 rings (SSSR count). The second-order valence-electron chi connectivity index (χ2n) is 3.86. The van der Waals surface area contributed by atoms with Gasteiger partial charge in [0, 0.05) is 25.3 Å². The molecule has 1 saturated heterocycles. The molecule has 0 aliphatic carbocycles. The maximum atomic E-state index is 6.28. The molecule has 0 radical (unpaired) electrons. The second-order valence-corrected chi connectivity index (χ2v) is 4.36. The molecule has 1 aromatic carbocycles. The number of alkyl halides is 1. The summed E-state index contributed by atoms with van der Waals surface area (Å²) in [7, 11) is 0. The van der Waals surface area contributed by atoms with Crippen molar-refractivity contribution in [2.45, 2.75) is 18.8 Å². The number of nitrogens with zero attached hydrogens (tertiary/aromatic N) is 1. The summed E-state index contributed by atoms with van der Waals surface area (Å²) in [5, 5.41) is 3.29. The summed E-state index contributed by atoms with van der Waals surface area (Å²) < 4.78 is 0. The summed E-state index contributed by atoms with van der Waals surface area (Å²) in [5.74, 6) is 0. The van der Waals surface area contributed by atoms with Crippen LogP contribution in [0.4, 0.5) is 5.69 Å². The summed E-state index contributed by atoms with van der Waals surface area (Å²) >= 11 is 6.28. The van der Waals surface area contributed by atoms with Crippen molar-refractivity contribution < 1.29 is 0 Å². The van der Waals surface area contributed by atoms with Gasteiger partial charge in [-0.2, -0.15) is 0 Å². The normalized spacial score (nSPS) is 21.7. The summed E-state index contributed by atoms with van der Waals surface area (Å²) in [5.41, 5.74) is 2.69. The van der Waals surface area contributed by atoms with Crippen LogP contribution >= 0.6 is 11.6 Å². The first kappa shape index (κ1) is 10.8. The number of aryl methyl sites for hydroxylation is 1. The Kier molecular flexibility index (Phi) is 3.49. The fraction of sp³-hybridized carbons (Fsp3) is 0.500. The molecule has 0 saturated carbocycles. The molecule has 1 fully saturated rings. The highest BCUT2D eigenvalue weighted by atomic mass is 35.5. The Bertz CT molecular complexity index is 327. The average Bonchev–Trinajstić information content (AvgIpc) is 2.30. The number of rotatable bonds is 2. The van der Waals surface area contributed by atoms with E-state index in [0.717, 1.165) is 26.1 Å². The maximum absolute atomic E-state index is 6.28. The van der Waals surface area contributed by atoms with Gasteiger partial charge in [0.1, 0.15) is 5.50 Å². The van der Waals surface area contributed by atoms with Crippen molar-refractivity contribution in [2.24, 2.45) is 0 Å². The van der Waals surface area contributed by atoms with Gasteiger partial charge < -0.3 is 10.2 Å². The first-order valence-corrected chi connectivity index (χ1v) is 5.95. The Morgan fingerprint density at radius 3 is 3.13 bits per heavy atom. The third-order valence-electron chi connectivity index (χ3n) is 2.83. The van der Waals surface area contributed by atoms with Gasteiger partial charge >= 0.3 is 0 Å². The van der Waals surface area contributed by atoms with Crippen LogP contribution in [-0.2, 0) is 6.42 Å². The highest BCUT2D eigenvalue weighted by Crippen LogP contribution is 2.21. The van der Waals surface area contributed by atoms with Crippen LogP contribution in [0.2, 0.25) is 0 Å². The van der Waals surface area contributed by atoms with E-state index in [4.69, 9.17) is 11.6 Å². The molecule has 1 N–H and O–H groups in total. The fourth-order valence-corrected chi connectivity index (χ4v) is 2.24. The molecular weight excluding hydrogens is 208 g/mol. The van der Waals surface area contributed by atoms with Gasteiger partial charge in [0.15, 0.2) is 0 Å². The van der Waals surface area contributed by atoms with E-state index in [0.29, 0.717) is 0 Å². The third-order valence-corrected chi connectivity index (χ3v) is 3.22. The van der Waals surface area contributed by atoms with Crippen LogP contribution in [0.5, 0.6) is 0 Å². The molecule has 1 aliphatic rings. The lowest BCUT2D eigenvalue weighted by Gasteiger charge is -2.34. The third kappa shape index (κ3) is 2.44. The highest BCUT2D eigenvalue weighted by Gasteiger charge is 2.19. The zero-order valence-electron chi connectivity index (χ0n) is 9.04. The number of hydrogen-bond acceptors (Lipinski definition) is 2. The van der Waals surface area contributed by atoms with Crippen molar-refractivity contribution in [3.05, 3.63) is 29.8 Å². The number of piperazine rings is 1.